The van der Waals surface area contributed by atoms with E-state index in [0.29, 0.717) is 11.0 Å². The summed E-state index contributed by atoms with van der Waals surface area (Å²) in [6, 6.07) is 17.6. The van der Waals surface area contributed by atoms with Gasteiger partial charge in [-0.3, -0.25) is 4.79 Å². The SMILES string of the molecule is O=c1ccoc2ccc3cc4ccccc4cc3c12. The second kappa shape index (κ2) is 3.69. The molecule has 0 unspecified atom stereocenters. The standard InChI is InChI=1S/C17H10O2/c18-15-7-8-19-16-6-5-13-9-11-3-1-2-4-12(11)10-14(13)17(15)16/h1-10H. The number of hydrogen-bond acceptors (Lipinski definition) is 2. The topological polar surface area (TPSA) is 30.2 Å². The monoisotopic (exact) mass is 246 g/mol. The summed E-state index contributed by atoms with van der Waals surface area (Å²) in [7, 11) is 0. The molecule has 1 heterocycles. The second-order valence-electron chi connectivity index (χ2n) is 4.64. The Morgan fingerprint density at radius 1 is 0.789 bits per heavy atom. The van der Waals surface area contributed by atoms with E-state index >= 15 is 0 Å². The summed E-state index contributed by atoms with van der Waals surface area (Å²) in [6.07, 6.45) is 1.44. The third kappa shape index (κ3) is 1.47. The van der Waals surface area contributed by atoms with Crippen LogP contribution in [0.25, 0.3) is 32.5 Å². The van der Waals surface area contributed by atoms with Gasteiger partial charge in [-0.2, -0.15) is 0 Å². The maximum Gasteiger partial charge on any atom is 0.193 e. The van der Waals surface area contributed by atoms with Gasteiger partial charge in [0.2, 0.25) is 0 Å². The minimum absolute atomic E-state index is 0.00197. The zero-order valence-electron chi connectivity index (χ0n) is 10.1. The van der Waals surface area contributed by atoms with Crippen LogP contribution in [0.5, 0.6) is 0 Å². The predicted octanol–water partition coefficient (Wildman–Crippen LogP) is 4.10. The molecular formula is C17H10O2. The molecule has 0 radical (unpaired) electrons. The summed E-state index contributed by atoms with van der Waals surface area (Å²) in [5.74, 6) is 0. The summed E-state index contributed by atoms with van der Waals surface area (Å²) in [5.41, 5.74) is 0.636. The van der Waals surface area contributed by atoms with E-state index in [0.717, 1.165) is 16.2 Å². The van der Waals surface area contributed by atoms with Gasteiger partial charge < -0.3 is 4.42 Å². The number of fused-ring (bicyclic) bond motifs is 4. The summed E-state index contributed by atoms with van der Waals surface area (Å²) >= 11 is 0. The molecule has 3 aromatic carbocycles. The van der Waals surface area contributed by atoms with Crippen LogP contribution in [0.3, 0.4) is 0 Å². The molecule has 0 fully saturated rings. The van der Waals surface area contributed by atoms with Crippen molar-refractivity contribution in [3.05, 3.63) is 71.1 Å². The van der Waals surface area contributed by atoms with Crippen LogP contribution in [0.15, 0.2) is 70.1 Å². The Morgan fingerprint density at radius 2 is 1.58 bits per heavy atom. The van der Waals surface area contributed by atoms with Crippen LogP contribution in [-0.4, -0.2) is 0 Å². The highest BCUT2D eigenvalue weighted by molar-refractivity contribution is 6.10. The Balaban J connectivity index is 2.32. The maximum absolute atomic E-state index is 12.1. The smallest absolute Gasteiger partial charge is 0.193 e. The molecule has 0 bridgehead atoms. The first-order chi connectivity index (χ1) is 9.33. The Morgan fingerprint density at radius 3 is 2.42 bits per heavy atom. The normalized spacial score (nSPS) is 11.4. The quantitative estimate of drug-likeness (QED) is 0.345. The van der Waals surface area contributed by atoms with Crippen molar-refractivity contribution in [2.24, 2.45) is 0 Å². The molecule has 4 rings (SSSR count). The van der Waals surface area contributed by atoms with E-state index in [2.05, 4.69) is 24.3 Å². The largest absolute Gasteiger partial charge is 0.464 e. The lowest BCUT2D eigenvalue weighted by Crippen LogP contribution is -1.98. The van der Waals surface area contributed by atoms with Gasteiger partial charge in [-0.1, -0.05) is 30.3 Å². The number of benzene rings is 3. The van der Waals surface area contributed by atoms with Crippen LogP contribution in [0.4, 0.5) is 0 Å². The van der Waals surface area contributed by atoms with Crippen LogP contribution in [-0.2, 0) is 0 Å². The highest BCUT2D eigenvalue weighted by Gasteiger charge is 2.06. The molecular weight excluding hydrogens is 236 g/mol. The average Bonchev–Trinajstić information content (AvgIpc) is 2.45. The zero-order chi connectivity index (χ0) is 12.8. The lowest BCUT2D eigenvalue weighted by atomic mass is 10.0. The van der Waals surface area contributed by atoms with Crippen molar-refractivity contribution >= 4 is 32.5 Å². The van der Waals surface area contributed by atoms with Gasteiger partial charge in [-0.25, -0.2) is 0 Å². The van der Waals surface area contributed by atoms with E-state index < -0.39 is 0 Å². The predicted molar refractivity (Wildman–Crippen MR) is 77.5 cm³/mol. The third-order valence-corrected chi connectivity index (χ3v) is 3.51. The van der Waals surface area contributed by atoms with Crippen molar-refractivity contribution in [1.29, 1.82) is 0 Å². The highest BCUT2D eigenvalue weighted by Crippen LogP contribution is 2.27. The van der Waals surface area contributed by atoms with Crippen LogP contribution < -0.4 is 5.43 Å². The molecule has 4 aromatic rings. The third-order valence-electron chi connectivity index (χ3n) is 3.51. The molecule has 0 saturated heterocycles. The molecule has 1 aromatic heterocycles. The van der Waals surface area contributed by atoms with E-state index in [9.17, 15) is 4.79 Å². The molecule has 19 heavy (non-hydrogen) atoms. The van der Waals surface area contributed by atoms with Gasteiger partial charge in [-0.05, 0) is 39.7 Å². The fourth-order valence-electron chi connectivity index (χ4n) is 2.60. The molecule has 2 heteroatoms. The molecule has 0 aliphatic rings. The average molecular weight is 246 g/mol. The molecule has 0 aliphatic heterocycles. The van der Waals surface area contributed by atoms with Crippen LogP contribution >= 0.6 is 0 Å². The van der Waals surface area contributed by atoms with Gasteiger partial charge in [0, 0.05) is 6.07 Å². The van der Waals surface area contributed by atoms with Crippen molar-refractivity contribution in [3.63, 3.8) is 0 Å². The Bertz CT molecular complexity index is 980. The van der Waals surface area contributed by atoms with Crippen LogP contribution in [0, 0.1) is 0 Å². The summed E-state index contributed by atoms with van der Waals surface area (Å²) in [6.45, 7) is 0. The summed E-state index contributed by atoms with van der Waals surface area (Å²) in [5, 5.41) is 4.97. The van der Waals surface area contributed by atoms with E-state index in [1.807, 2.05) is 24.3 Å². The molecule has 0 aliphatic carbocycles. The molecule has 0 spiro atoms. The summed E-state index contributed by atoms with van der Waals surface area (Å²) in [4.78, 5) is 12.1. The molecule has 0 saturated carbocycles. The van der Waals surface area contributed by atoms with Gasteiger partial charge >= 0.3 is 0 Å². The van der Waals surface area contributed by atoms with E-state index in [1.165, 1.54) is 17.7 Å². The Hall–Kier alpha value is -2.61. The minimum atomic E-state index is 0.00197. The first-order valence-electron chi connectivity index (χ1n) is 6.16. The van der Waals surface area contributed by atoms with Gasteiger partial charge in [-0.15, -0.1) is 0 Å². The first-order valence-corrected chi connectivity index (χ1v) is 6.16. The van der Waals surface area contributed by atoms with Gasteiger partial charge in [0.25, 0.3) is 0 Å². The van der Waals surface area contributed by atoms with Crippen molar-refractivity contribution < 1.29 is 4.42 Å². The van der Waals surface area contributed by atoms with Crippen molar-refractivity contribution in [3.8, 4) is 0 Å². The number of rotatable bonds is 0. The van der Waals surface area contributed by atoms with Crippen molar-refractivity contribution in [2.45, 2.75) is 0 Å². The molecule has 2 nitrogen and oxygen atoms in total. The second-order valence-corrected chi connectivity index (χ2v) is 4.64. The van der Waals surface area contributed by atoms with Crippen LogP contribution in [0.2, 0.25) is 0 Å². The lowest BCUT2D eigenvalue weighted by molar-refractivity contribution is 0.603. The van der Waals surface area contributed by atoms with E-state index in [4.69, 9.17) is 4.42 Å². The molecule has 0 amide bonds. The molecule has 90 valence electrons. The minimum Gasteiger partial charge on any atom is -0.464 e. The fourth-order valence-corrected chi connectivity index (χ4v) is 2.60. The molecule has 0 N–H and O–H groups in total. The van der Waals surface area contributed by atoms with E-state index in [1.54, 1.807) is 0 Å². The lowest BCUT2D eigenvalue weighted by Gasteiger charge is -2.04. The number of hydrogen-bond donors (Lipinski definition) is 0. The van der Waals surface area contributed by atoms with Gasteiger partial charge in [0.1, 0.15) is 5.58 Å². The first kappa shape index (κ1) is 10.3. The van der Waals surface area contributed by atoms with Crippen molar-refractivity contribution in [2.75, 3.05) is 0 Å². The summed E-state index contributed by atoms with van der Waals surface area (Å²) < 4.78 is 5.41. The van der Waals surface area contributed by atoms with Crippen molar-refractivity contribution in [1.82, 2.24) is 0 Å². The zero-order valence-corrected chi connectivity index (χ0v) is 10.1. The van der Waals surface area contributed by atoms with Gasteiger partial charge in [0.15, 0.2) is 5.43 Å². The fraction of sp³-hybridized carbons (Fsp3) is 0. The van der Waals surface area contributed by atoms with E-state index in [-0.39, 0.29) is 5.43 Å². The Kier molecular flexibility index (Phi) is 2.00. The Labute approximate surface area is 108 Å². The molecule has 0 atom stereocenters. The van der Waals surface area contributed by atoms with Crippen LogP contribution in [0.1, 0.15) is 0 Å². The highest BCUT2D eigenvalue weighted by atomic mass is 16.3. The maximum atomic E-state index is 12.1. The van der Waals surface area contributed by atoms with Gasteiger partial charge in [0.05, 0.1) is 11.6 Å².